The lowest BCUT2D eigenvalue weighted by atomic mass is 10.1. The van der Waals surface area contributed by atoms with E-state index in [0.717, 1.165) is 12.8 Å². The summed E-state index contributed by atoms with van der Waals surface area (Å²) in [4.78, 5) is 0. The highest BCUT2D eigenvalue weighted by Crippen LogP contribution is 2.01. The summed E-state index contributed by atoms with van der Waals surface area (Å²) in [5, 5.41) is 12.8. The summed E-state index contributed by atoms with van der Waals surface area (Å²) in [6, 6.07) is 0.475. The van der Waals surface area contributed by atoms with Crippen molar-refractivity contribution in [3.05, 3.63) is 12.2 Å². The number of hydrogen-bond acceptors (Lipinski definition) is 2. The minimum absolute atomic E-state index is 0.475. The van der Waals surface area contributed by atoms with E-state index in [1.165, 1.54) is 0 Å². The molecule has 13 heavy (non-hydrogen) atoms. The van der Waals surface area contributed by atoms with Crippen LogP contribution >= 0.6 is 0 Å². The van der Waals surface area contributed by atoms with E-state index in [4.69, 9.17) is 0 Å². The Balaban J connectivity index is 3.46. The predicted octanol–water partition coefficient (Wildman–Crippen LogP) is 2.09. The Kier molecular flexibility index (Phi) is 6.00. The van der Waals surface area contributed by atoms with Gasteiger partial charge in [0.05, 0.1) is 5.60 Å². The molecule has 0 amide bonds. The van der Waals surface area contributed by atoms with Crippen LogP contribution in [0.4, 0.5) is 0 Å². The van der Waals surface area contributed by atoms with E-state index in [1.807, 2.05) is 20.8 Å². The molecule has 0 aliphatic carbocycles. The van der Waals surface area contributed by atoms with Crippen LogP contribution < -0.4 is 5.32 Å². The Morgan fingerprint density at radius 2 is 2.08 bits per heavy atom. The molecular formula is C11H23NO. The molecule has 78 valence electrons. The lowest BCUT2D eigenvalue weighted by Gasteiger charge is -2.21. The first kappa shape index (κ1) is 12.7. The van der Waals surface area contributed by atoms with Crippen molar-refractivity contribution in [2.45, 2.75) is 52.2 Å². The van der Waals surface area contributed by atoms with Gasteiger partial charge in [-0.1, -0.05) is 12.2 Å². The topological polar surface area (TPSA) is 32.3 Å². The number of rotatable bonds is 6. The van der Waals surface area contributed by atoms with Crippen molar-refractivity contribution in [2.75, 3.05) is 6.54 Å². The molecule has 0 aliphatic heterocycles. The number of hydrogen-bond donors (Lipinski definition) is 2. The second kappa shape index (κ2) is 6.17. The highest BCUT2D eigenvalue weighted by Gasteiger charge is 2.12. The lowest BCUT2D eigenvalue weighted by Crippen LogP contribution is -2.39. The summed E-state index contributed by atoms with van der Waals surface area (Å²) in [7, 11) is 0. The molecule has 0 aromatic heterocycles. The molecule has 0 heterocycles. The lowest BCUT2D eigenvalue weighted by molar-refractivity contribution is 0.0767. The quantitative estimate of drug-likeness (QED) is 0.621. The van der Waals surface area contributed by atoms with Gasteiger partial charge in [-0.2, -0.15) is 0 Å². The average Bonchev–Trinajstić information content (AvgIpc) is 2.00. The van der Waals surface area contributed by atoms with Gasteiger partial charge in [0.1, 0.15) is 0 Å². The minimum Gasteiger partial charge on any atom is -0.389 e. The highest BCUT2D eigenvalue weighted by atomic mass is 16.3. The molecule has 0 fully saturated rings. The maximum Gasteiger partial charge on any atom is 0.0715 e. The Hall–Kier alpha value is -0.340. The molecule has 1 unspecified atom stereocenters. The fraction of sp³-hybridized carbons (Fsp3) is 0.818. The van der Waals surface area contributed by atoms with Gasteiger partial charge < -0.3 is 10.4 Å². The Morgan fingerprint density at radius 1 is 1.46 bits per heavy atom. The van der Waals surface area contributed by atoms with E-state index in [-0.39, 0.29) is 0 Å². The molecule has 1 atom stereocenters. The van der Waals surface area contributed by atoms with Crippen LogP contribution in [0.5, 0.6) is 0 Å². The van der Waals surface area contributed by atoms with Crippen LogP contribution in [-0.4, -0.2) is 23.3 Å². The first-order valence-electron chi connectivity index (χ1n) is 5.02. The van der Waals surface area contributed by atoms with Gasteiger partial charge in [0, 0.05) is 12.6 Å². The smallest absolute Gasteiger partial charge is 0.0715 e. The molecule has 0 saturated heterocycles. The van der Waals surface area contributed by atoms with Crippen molar-refractivity contribution in [3.8, 4) is 0 Å². The number of nitrogens with one attached hydrogen (secondary N) is 1. The highest BCUT2D eigenvalue weighted by molar-refractivity contribution is 4.79. The van der Waals surface area contributed by atoms with Crippen LogP contribution in [0.2, 0.25) is 0 Å². The second-order valence-corrected chi connectivity index (χ2v) is 4.24. The van der Waals surface area contributed by atoms with Gasteiger partial charge in [-0.15, -0.1) is 0 Å². The van der Waals surface area contributed by atoms with Crippen LogP contribution in [0, 0.1) is 0 Å². The molecule has 0 spiro atoms. The van der Waals surface area contributed by atoms with Gasteiger partial charge in [-0.3, -0.25) is 0 Å². The maximum absolute atomic E-state index is 9.46. The predicted molar refractivity (Wildman–Crippen MR) is 57.8 cm³/mol. The van der Waals surface area contributed by atoms with Gasteiger partial charge in [0.25, 0.3) is 0 Å². The zero-order chi connectivity index (χ0) is 10.3. The molecule has 0 aromatic carbocycles. The van der Waals surface area contributed by atoms with Crippen LogP contribution in [0.3, 0.4) is 0 Å². The first-order valence-corrected chi connectivity index (χ1v) is 5.02. The first-order chi connectivity index (χ1) is 5.95. The summed E-state index contributed by atoms with van der Waals surface area (Å²) in [6.07, 6.45) is 6.47. The zero-order valence-corrected chi connectivity index (χ0v) is 9.30. The molecule has 2 N–H and O–H groups in total. The third-order valence-electron chi connectivity index (χ3n) is 1.89. The van der Waals surface area contributed by atoms with Gasteiger partial charge in [-0.25, -0.2) is 0 Å². The van der Waals surface area contributed by atoms with Crippen LogP contribution in [0.15, 0.2) is 12.2 Å². The average molecular weight is 185 g/mol. The normalized spacial score (nSPS) is 15.2. The van der Waals surface area contributed by atoms with Crippen molar-refractivity contribution in [1.29, 1.82) is 0 Å². The van der Waals surface area contributed by atoms with E-state index < -0.39 is 5.60 Å². The van der Waals surface area contributed by atoms with E-state index >= 15 is 0 Å². The monoisotopic (exact) mass is 185 g/mol. The largest absolute Gasteiger partial charge is 0.389 e. The summed E-state index contributed by atoms with van der Waals surface area (Å²) in [5.74, 6) is 0. The van der Waals surface area contributed by atoms with Crippen LogP contribution in [0.1, 0.15) is 40.5 Å². The fourth-order valence-corrected chi connectivity index (χ4v) is 1.04. The van der Waals surface area contributed by atoms with Gasteiger partial charge >= 0.3 is 0 Å². The van der Waals surface area contributed by atoms with E-state index in [9.17, 15) is 5.11 Å². The fourth-order valence-electron chi connectivity index (χ4n) is 1.04. The molecule has 0 bridgehead atoms. The molecule has 0 rings (SSSR count). The Bertz CT molecular complexity index is 147. The molecule has 2 nitrogen and oxygen atoms in total. The number of allylic oxidation sites excluding steroid dienone is 2. The zero-order valence-electron chi connectivity index (χ0n) is 9.30. The maximum atomic E-state index is 9.46. The van der Waals surface area contributed by atoms with Crippen molar-refractivity contribution in [2.24, 2.45) is 0 Å². The molecule has 0 radical (unpaired) electrons. The third kappa shape index (κ3) is 9.57. The molecule has 0 saturated carbocycles. The van der Waals surface area contributed by atoms with Gasteiger partial charge in [0.15, 0.2) is 0 Å². The van der Waals surface area contributed by atoms with Crippen molar-refractivity contribution >= 4 is 0 Å². The Labute approximate surface area is 82.0 Å². The SMILES string of the molecule is C/C=C/CCC(C)NCC(C)(C)O. The second-order valence-electron chi connectivity index (χ2n) is 4.24. The van der Waals surface area contributed by atoms with Crippen molar-refractivity contribution in [3.63, 3.8) is 0 Å². The summed E-state index contributed by atoms with van der Waals surface area (Å²) in [5.41, 5.74) is -0.602. The standard InChI is InChI=1S/C11H23NO/c1-5-6-7-8-10(2)12-9-11(3,4)13/h5-6,10,12-13H,7-9H2,1-4H3/b6-5+. The minimum atomic E-state index is -0.602. The molecule has 2 heteroatoms. The van der Waals surface area contributed by atoms with E-state index in [2.05, 4.69) is 24.4 Å². The summed E-state index contributed by atoms with van der Waals surface area (Å²) in [6.45, 7) is 8.48. The van der Waals surface area contributed by atoms with E-state index in [1.54, 1.807) is 0 Å². The van der Waals surface area contributed by atoms with Gasteiger partial charge in [0.2, 0.25) is 0 Å². The van der Waals surface area contributed by atoms with Gasteiger partial charge in [-0.05, 0) is 40.5 Å². The molecule has 0 aliphatic rings. The third-order valence-corrected chi connectivity index (χ3v) is 1.89. The number of aliphatic hydroxyl groups is 1. The van der Waals surface area contributed by atoms with Crippen molar-refractivity contribution in [1.82, 2.24) is 5.32 Å². The Morgan fingerprint density at radius 3 is 2.54 bits per heavy atom. The van der Waals surface area contributed by atoms with Crippen molar-refractivity contribution < 1.29 is 5.11 Å². The molecule has 0 aromatic rings. The summed E-state index contributed by atoms with van der Waals surface area (Å²) < 4.78 is 0. The summed E-state index contributed by atoms with van der Waals surface area (Å²) >= 11 is 0. The molecular weight excluding hydrogens is 162 g/mol. The van der Waals surface area contributed by atoms with E-state index in [0.29, 0.717) is 12.6 Å². The van der Waals surface area contributed by atoms with Crippen LogP contribution in [-0.2, 0) is 0 Å². The van der Waals surface area contributed by atoms with Crippen LogP contribution in [0.25, 0.3) is 0 Å².